The van der Waals surface area contributed by atoms with E-state index in [4.69, 9.17) is 10.1 Å². The lowest BCUT2D eigenvalue weighted by Gasteiger charge is -2.09. The lowest BCUT2D eigenvalue weighted by atomic mass is 10.1. The molecule has 0 spiro atoms. The zero-order chi connectivity index (χ0) is 25.0. The molecule has 37 heavy (non-hydrogen) atoms. The van der Waals surface area contributed by atoms with Gasteiger partial charge in [-0.3, -0.25) is 0 Å². The maximum absolute atomic E-state index is 4.84. The molecule has 0 aliphatic carbocycles. The number of aromatic nitrogens is 4. The molecule has 0 aliphatic heterocycles. The Bertz CT molecular complexity index is 1700. The highest BCUT2D eigenvalue weighted by Crippen LogP contribution is 2.29. The van der Waals surface area contributed by atoms with Gasteiger partial charge in [0.25, 0.3) is 0 Å². The molecule has 0 atom stereocenters. The number of hydrazone groups is 1. The second kappa shape index (κ2) is 10.2. The van der Waals surface area contributed by atoms with Crippen molar-refractivity contribution in [2.75, 3.05) is 5.43 Å². The third-order valence-corrected chi connectivity index (χ3v) is 6.38. The molecule has 178 valence electrons. The summed E-state index contributed by atoms with van der Waals surface area (Å²) in [4.78, 5) is 9.49. The predicted octanol–water partition coefficient (Wildman–Crippen LogP) is 7.36. The van der Waals surface area contributed by atoms with E-state index in [2.05, 4.69) is 31.4 Å². The summed E-state index contributed by atoms with van der Waals surface area (Å²) in [6.45, 7) is 0. The van der Waals surface area contributed by atoms with Gasteiger partial charge in [-0.05, 0) is 30.3 Å². The van der Waals surface area contributed by atoms with Gasteiger partial charge in [0.15, 0.2) is 0 Å². The van der Waals surface area contributed by atoms with Crippen molar-refractivity contribution < 1.29 is 0 Å². The monoisotopic (exact) mass is 544 g/mol. The van der Waals surface area contributed by atoms with E-state index in [-0.39, 0.29) is 0 Å². The standard InChI is InChI=1S/C30H21BrN6/c31-24-16-17-27-26(18-24)29(22-12-6-2-7-13-22)34-30(33-27)35-32-19-23-20-37(25-14-8-3-9-15-25)36-28(23)21-10-4-1-5-11-21/h1-20H,(H,33,34,35)/b32-19+. The quantitative estimate of drug-likeness (QED) is 0.175. The van der Waals surface area contributed by atoms with Gasteiger partial charge in [0.2, 0.25) is 5.95 Å². The molecule has 2 aromatic heterocycles. The second-order valence-electron chi connectivity index (χ2n) is 8.37. The summed E-state index contributed by atoms with van der Waals surface area (Å²) in [7, 11) is 0. The summed E-state index contributed by atoms with van der Waals surface area (Å²) in [5.74, 6) is 0.418. The third kappa shape index (κ3) is 4.90. The average Bonchev–Trinajstić information content (AvgIpc) is 3.38. The van der Waals surface area contributed by atoms with Crippen LogP contribution in [0.25, 0.3) is 39.1 Å². The average molecular weight is 545 g/mol. The van der Waals surface area contributed by atoms with Gasteiger partial charge in [-0.15, -0.1) is 0 Å². The fourth-order valence-corrected chi connectivity index (χ4v) is 4.50. The molecule has 6 aromatic rings. The highest BCUT2D eigenvalue weighted by atomic mass is 79.9. The molecule has 0 aliphatic rings. The Labute approximate surface area is 222 Å². The summed E-state index contributed by atoms with van der Waals surface area (Å²) < 4.78 is 2.84. The van der Waals surface area contributed by atoms with Crippen LogP contribution in [-0.4, -0.2) is 26.0 Å². The van der Waals surface area contributed by atoms with E-state index in [9.17, 15) is 0 Å². The van der Waals surface area contributed by atoms with Crippen molar-refractivity contribution in [3.05, 3.63) is 125 Å². The number of nitrogens with zero attached hydrogens (tertiary/aromatic N) is 5. The molecule has 0 fully saturated rings. The van der Waals surface area contributed by atoms with Crippen LogP contribution in [0.3, 0.4) is 0 Å². The van der Waals surface area contributed by atoms with Gasteiger partial charge in [0.05, 0.1) is 23.1 Å². The van der Waals surface area contributed by atoms with Crippen molar-refractivity contribution in [1.29, 1.82) is 0 Å². The zero-order valence-electron chi connectivity index (χ0n) is 19.7. The Kier molecular flexibility index (Phi) is 6.27. The number of para-hydroxylation sites is 1. The number of fused-ring (bicyclic) bond motifs is 1. The minimum Gasteiger partial charge on any atom is -0.245 e. The summed E-state index contributed by atoms with van der Waals surface area (Å²) in [5, 5.41) is 10.3. The molecule has 0 bridgehead atoms. The van der Waals surface area contributed by atoms with Gasteiger partial charge in [-0.2, -0.15) is 10.2 Å². The van der Waals surface area contributed by atoms with Crippen LogP contribution in [-0.2, 0) is 0 Å². The van der Waals surface area contributed by atoms with Gasteiger partial charge in [-0.25, -0.2) is 20.1 Å². The van der Waals surface area contributed by atoms with Crippen molar-refractivity contribution in [3.8, 4) is 28.2 Å². The maximum Gasteiger partial charge on any atom is 0.244 e. The number of halogens is 1. The van der Waals surface area contributed by atoms with Crippen molar-refractivity contribution in [2.45, 2.75) is 0 Å². The SMILES string of the molecule is Brc1ccc2nc(N/N=C/c3cn(-c4ccccc4)nc3-c3ccccc3)nc(-c3ccccc3)c2c1. The fraction of sp³-hybridized carbons (Fsp3) is 0. The number of hydrogen-bond donors (Lipinski definition) is 1. The Morgan fingerprint density at radius 2 is 1.38 bits per heavy atom. The predicted molar refractivity (Wildman–Crippen MR) is 153 cm³/mol. The molecule has 7 heteroatoms. The smallest absolute Gasteiger partial charge is 0.244 e. The van der Waals surface area contributed by atoms with Crippen LogP contribution < -0.4 is 5.43 Å². The normalized spacial score (nSPS) is 11.3. The first-order valence-corrected chi connectivity index (χ1v) is 12.6. The van der Waals surface area contributed by atoms with E-state index in [1.54, 1.807) is 6.21 Å². The minimum atomic E-state index is 0.418. The Balaban J connectivity index is 1.37. The molecule has 2 heterocycles. The molecule has 0 saturated heterocycles. The van der Waals surface area contributed by atoms with Crippen LogP contribution >= 0.6 is 15.9 Å². The van der Waals surface area contributed by atoms with Crippen LogP contribution in [0.2, 0.25) is 0 Å². The van der Waals surface area contributed by atoms with Gasteiger partial charge in [0, 0.05) is 32.7 Å². The molecular formula is C30H21BrN6. The van der Waals surface area contributed by atoms with Crippen LogP contribution in [0.15, 0.2) is 125 Å². The van der Waals surface area contributed by atoms with Crippen LogP contribution in [0.5, 0.6) is 0 Å². The summed E-state index contributed by atoms with van der Waals surface area (Å²) in [6.07, 6.45) is 3.73. The third-order valence-electron chi connectivity index (χ3n) is 5.88. The molecule has 0 amide bonds. The molecule has 6 rings (SSSR count). The number of rotatable bonds is 6. The highest BCUT2D eigenvalue weighted by molar-refractivity contribution is 9.10. The molecule has 1 N–H and O–H groups in total. The lowest BCUT2D eigenvalue weighted by Crippen LogP contribution is -2.00. The van der Waals surface area contributed by atoms with E-state index in [1.165, 1.54) is 0 Å². The zero-order valence-corrected chi connectivity index (χ0v) is 21.2. The van der Waals surface area contributed by atoms with Gasteiger partial charge >= 0.3 is 0 Å². The second-order valence-corrected chi connectivity index (χ2v) is 9.29. The van der Waals surface area contributed by atoms with E-state index in [0.717, 1.165) is 49.1 Å². The Morgan fingerprint density at radius 1 is 0.730 bits per heavy atom. The summed E-state index contributed by atoms with van der Waals surface area (Å²) in [6, 6.07) is 36.2. The first kappa shape index (κ1) is 22.8. The van der Waals surface area contributed by atoms with Crippen molar-refractivity contribution >= 4 is 39.0 Å². The van der Waals surface area contributed by atoms with E-state index < -0.39 is 0 Å². The first-order chi connectivity index (χ1) is 18.2. The van der Waals surface area contributed by atoms with E-state index in [1.807, 2.05) is 120 Å². The molecular weight excluding hydrogens is 524 g/mol. The lowest BCUT2D eigenvalue weighted by molar-refractivity contribution is 0.884. The molecule has 6 nitrogen and oxygen atoms in total. The molecule has 4 aromatic carbocycles. The molecule has 0 radical (unpaired) electrons. The molecule has 0 saturated carbocycles. The van der Waals surface area contributed by atoms with Gasteiger partial charge in [-0.1, -0.05) is 94.8 Å². The van der Waals surface area contributed by atoms with E-state index >= 15 is 0 Å². The van der Waals surface area contributed by atoms with Gasteiger partial charge < -0.3 is 0 Å². The van der Waals surface area contributed by atoms with Crippen molar-refractivity contribution in [3.63, 3.8) is 0 Å². The highest BCUT2D eigenvalue weighted by Gasteiger charge is 2.12. The fourth-order valence-electron chi connectivity index (χ4n) is 4.14. The summed E-state index contributed by atoms with van der Waals surface area (Å²) in [5.41, 5.74) is 9.41. The Morgan fingerprint density at radius 3 is 2.08 bits per heavy atom. The topological polar surface area (TPSA) is 68.0 Å². The van der Waals surface area contributed by atoms with Crippen LogP contribution in [0.1, 0.15) is 5.56 Å². The minimum absolute atomic E-state index is 0.418. The van der Waals surface area contributed by atoms with Crippen LogP contribution in [0, 0.1) is 0 Å². The van der Waals surface area contributed by atoms with Crippen molar-refractivity contribution in [1.82, 2.24) is 19.7 Å². The largest absolute Gasteiger partial charge is 0.245 e. The number of benzene rings is 4. The Hall–Kier alpha value is -4.62. The first-order valence-electron chi connectivity index (χ1n) is 11.8. The number of anilines is 1. The summed E-state index contributed by atoms with van der Waals surface area (Å²) >= 11 is 3.57. The van der Waals surface area contributed by atoms with Gasteiger partial charge in [0.1, 0.15) is 5.69 Å². The number of nitrogens with one attached hydrogen (secondary N) is 1. The van der Waals surface area contributed by atoms with Crippen LogP contribution in [0.4, 0.5) is 5.95 Å². The molecule has 0 unspecified atom stereocenters. The number of hydrogen-bond acceptors (Lipinski definition) is 5. The maximum atomic E-state index is 4.84. The van der Waals surface area contributed by atoms with E-state index in [0.29, 0.717) is 5.95 Å². The van der Waals surface area contributed by atoms with Crippen molar-refractivity contribution in [2.24, 2.45) is 5.10 Å².